The van der Waals surface area contributed by atoms with Crippen LogP contribution in [-0.4, -0.2) is 29.4 Å². The van der Waals surface area contributed by atoms with Crippen molar-refractivity contribution in [1.82, 2.24) is 5.32 Å². The zero-order valence-electron chi connectivity index (χ0n) is 18.6. The predicted molar refractivity (Wildman–Crippen MR) is 142 cm³/mol. The van der Waals surface area contributed by atoms with Crippen molar-refractivity contribution in [2.24, 2.45) is 0 Å². The smallest absolute Gasteiger partial charge is 0.270 e. The lowest BCUT2D eigenvalue weighted by Gasteiger charge is -2.28. The van der Waals surface area contributed by atoms with Gasteiger partial charge in [-0.2, -0.15) is 0 Å². The van der Waals surface area contributed by atoms with Crippen LogP contribution in [0.1, 0.15) is 11.1 Å². The molecule has 1 fully saturated rings. The number of ether oxygens (including phenoxy) is 1. The van der Waals surface area contributed by atoms with Crippen LogP contribution in [0.25, 0.3) is 6.08 Å². The lowest BCUT2D eigenvalue weighted by Crippen LogP contribution is -2.54. The molecule has 0 bridgehead atoms. The Morgan fingerprint density at radius 2 is 1.80 bits per heavy atom. The van der Waals surface area contributed by atoms with E-state index in [0.29, 0.717) is 27.2 Å². The first-order chi connectivity index (χ1) is 16.8. The number of nitrogens with zero attached hydrogens (tertiary/aromatic N) is 1. The predicted octanol–water partition coefficient (Wildman–Crippen LogP) is 4.61. The summed E-state index contributed by atoms with van der Waals surface area (Å²) in [7, 11) is 0. The Labute approximate surface area is 215 Å². The van der Waals surface area contributed by atoms with Gasteiger partial charge >= 0.3 is 0 Å². The zero-order valence-corrected chi connectivity index (χ0v) is 21.0. The second-order valence-electron chi connectivity index (χ2n) is 7.69. The molecule has 0 aromatic heterocycles. The Morgan fingerprint density at radius 3 is 2.49 bits per heavy atom. The fourth-order valence-corrected chi connectivity index (χ4v) is 4.13. The summed E-state index contributed by atoms with van der Waals surface area (Å²) >= 11 is 8.63. The normalized spacial score (nSPS) is 14.6. The Hall–Kier alpha value is -3.82. The lowest BCUT2D eigenvalue weighted by atomic mass is 10.1. The van der Waals surface area contributed by atoms with Gasteiger partial charge in [0.05, 0.1) is 10.2 Å². The molecule has 176 valence electrons. The third kappa shape index (κ3) is 5.82. The number of carbonyl (C=O) groups excluding carboxylic acids is 3. The molecule has 0 aliphatic carbocycles. The summed E-state index contributed by atoms with van der Waals surface area (Å²) in [6.07, 6.45) is 1.48. The van der Waals surface area contributed by atoms with Gasteiger partial charge < -0.3 is 10.1 Å². The van der Waals surface area contributed by atoms with Crippen LogP contribution in [0.2, 0.25) is 0 Å². The van der Waals surface area contributed by atoms with Crippen molar-refractivity contribution in [3.8, 4) is 5.75 Å². The molecule has 1 aliphatic heterocycles. The standard InChI is InChI=1S/C26H20BrN3O4S/c1-16-7-10-18(11-8-16)28-23(31)15-34-22-12-9-17(14-21(22)27)13-20-24(32)29-26(35)30(25(20)33)19-5-3-2-4-6-19/h2-14H,15H2,1H3,(H,28,31)(H,29,32,35)/b20-13-. The first-order valence-corrected chi connectivity index (χ1v) is 11.8. The third-order valence-electron chi connectivity index (χ3n) is 5.08. The van der Waals surface area contributed by atoms with Crippen LogP contribution < -0.4 is 20.3 Å². The van der Waals surface area contributed by atoms with Gasteiger partial charge in [-0.1, -0.05) is 42.0 Å². The highest BCUT2D eigenvalue weighted by Gasteiger charge is 2.34. The van der Waals surface area contributed by atoms with Gasteiger partial charge in [-0.25, -0.2) is 0 Å². The van der Waals surface area contributed by atoms with E-state index in [9.17, 15) is 14.4 Å². The number of benzene rings is 3. The highest BCUT2D eigenvalue weighted by atomic mass is 79.9. The first-order valence-electron chi connectivity index (χ1n) is 10.6. The van der Waals surface area contributed by atoms with Crippen LogP contribution in [0.5, 0.6) is 5.75 Å². The van der Waals surface area contributed by atoms with E-state index in [-0.39, 0.29) is 23.2 Å². The molecule has 2 N–H and O–H groups in total. The molecule has 3 amide bonds. The summed E-state index contributed by atoms with van der Waals surface area (Å²) in [6, 6.07) is 21.3. The Morgan fingerprint density at radius 1 is 1.09 bits per heavy atom. The van der Waals surface area contributed by atoms with Gasteiger partial charge in [-0.05, 0) is 83.1 Å². The van der Waals surface area contributed by atoms with Crippen LogP contribution in [0.4, 0.5) is 11.4 Å². The minimum absolute atomic E-state index is 0.0252. The van der Waals surface area contributed by atoms with Crippen LogP contribution in [0.3, 0.4) is 0 Å². The zero-order chi connectivity index (χ0) is 24.9. The summed E-state index contributed by atoms with van der Waals surface area (Å²) in [4.78, 5) is 39.1. The van der Waals surface area contributed by atoms with Crippen molar-refractivity contribution in [3.05, 3.63) is 94.0 Å². The number of nitrogens with one attached hydrogen (secondary N) is 2. The van der Waals surface area contributed by atoms with Crippen LogP contribution in [0, 0.1) is 6.92 Å². The molecule has 1 heterocycles. The van der Waals surface area contributed by atoms with Gasteiger partial charge in [0.15, 0.2) is 11.7 Å². The number of hydrogen-bond donors (Lipinski definition) is 2. The van der Waals surface area contributed by atoms with Crippen molar-refractivity contribution in [3.63, 3.8) is 0 Å². The third-order valence-corrected chi connectivity index (χ3v) is 5.98. The fraction of sp³-hybridized carbons (Fsp3) is 0.0769. The number of aryl methyl sites for hydroxylation is 1. The molecule has 7 nitrogen and oxygen atoms in total. The highest BCUT2D eigenvalue weighted by Crippen LogP contribution is 2.28. The molecule has 3 aromatic carbocycles. The summed E-state index contributed by atoms with van der Waals surface area (Å²) in [5, 5.41) is 5.35. The topological polar surface area (TPSA) is 87.7 Å². The van der Waals surface area contributed by atoms with Crippen molar-refractivity contribution >= 4 is 68.4 Å². The Kier molecular flexibility index (Phi) is 7.38. The quantitative estimate of drug-likeness (QED) is 0.266. The molecule has 35 heavy (non-hydrogen) atoms. The number of carbonyl (C=O) groups is 3. The van der Waals surface area contributed by atoms with Gasteiger partial charge in [-0.15, -0.1) is 0 Å². The fourth-order valence-electron chi connectivity index (χ4n) is 3.34. The van der Waals surface area contributed by atoms with E-state index < -0.39 is 11.8 Å². The van der Waals surface area contributed by atoms with Crippen molar-refractivity contribution in [1.29, 1.82) is 0 Å². The number of anilines is 2. The molecule has 0 saturated carbocycles. The average molecular weight is 550 g/mol. The molecule has 9 heteroatoms. The molecular weight excluding hydrogens is 530 g/mol. The monoisotopic (exact) mass is 549 g/mol. The number of para-hydroxylation sites is 1. The summed E-state index contributed by atoms with van der Waals surface area (Å²) in [5.74, 6) is -0.948. The molecule has 3 aromatic rings. The molecule has 4 rings (SSSR count). The second kappa shape index (κ2) is 10.6. The van der Waals surface area contributed by atoms with Crippen molar-refractivity contribution in [2.75, 3.05) is 16.8 Å². The SMILES string of the molecule is Cc1ccc(NC(=O)COc2ccc(/C=C3/C(=O)NC(=S)N(c4ccccc4)C3=O)cc2Br)cc1. The van der Waals surface area contributed by atoms with Gasteiger partial charge in [0.25, 0.3) is 17.7 Å². The summed E-state index contributed by atoms with van der Waals surface area (Å²) in [5.41, 5.74) is 2.88. The summed E-state index contributed by atoms with van der Waals surface area (Å²) in [6.45, 7) is 1.79. The van der Waals surface area contributed by atoms with E-state index in [1.807, 2.05) is 37.3 Å². The minimum atomic E-state index is -0.573. The summed E-state index contributed by atoms with van der Waals surface area (Å²) < 4.78 is 6.18. The molecular formula is C26H20BrN3O4S. The molecule has 0 spiro atoms. The van der Waals surface area contributed by atoms with Gasteiger partial charge in [0.1, 0.15) is 11.3 Å². The molecule has 0 atom stereocenters. The number of halogens is 1. The Balaban J connectivity index is 1.46. The van der Waals surface area contributed by atoms with Crippen LogP contribution in [-0.2, 0) is 14.4 Å². The largest absolute Gasteiger partial charge is 0.483 e. The molecule has 0 unspecified atom stereocenters. The van der Waals surface area contributed by atoms with Gasteiger partial charge in [-0.3, -0.25) is 24.6 Å². The van der Waals surface area contributed by atoms with Gasteiger partial charge in [0.2, 0.25) is 0 Å². The molecule has 0 radical (unpaired) electrons. The van der Waals surface area contributed by atoms with Gasteiger partial charge in [0, 0.05) is 5.69 Å². The minimum Gasteiger partial charge on any atom is -0.483 e. The van der Waals surface area contributed by atoms with E-state index in [0.717, 1.165) is 5.56 Å². The maximum atomic E-state index is 13.1. The molecule has 1 aliphatic rings. The average Bonchev–Trinajstić information content (AvgIpc) is 2.83. The van der Waals surface area contributed by atoms with E-state index in [1.54, 1.807) is 42.5 Å². The van der Waals surface area contributed by atoms with Crippen molar-refractivity contribution in [2.45, 2.75) is 6.92 Å². The Bertz CT molecular complexity index is 1340. The lowest BCUT2D eigenvalue weighted by molar-refractivity contribution is -0.122. The second-order valence-corrected chi connectivity index (χ2v) is 8.93. The van der Waals surface area contributed by atoms with E-state index in [1.165, 1.54) is 11.0 Å². The maximum absolute atomic E-state index is 13.1. The first kappa shape index (κ1) is 24.3. The van der Waals surface area contributed by atoms with Crippen LogP contribution >= 0.6 is 28.1 Å². The van der Waals surface area contributed by atoms with Crippen molar-refractivity contribution < 1.29 is 19.1 Å². The highest BCUT2D eigenvalue weighted by molar-refractivity contribution is 9.10. The number of rotatable bonds is 6. The van der Waals surface area contributed by atoms with E-state index in [2.05, 4.69) is 26.6 Å². The molecule has 1 saturated heterocycles. The number of amides is 3. The number of thiocarbonyl (C=S) groups is 1. The van der Waals surface area contributed by atoms with E-state index in [4.69, 9.17) is 17.0 Å². The van der Waals surface area contributed by atoms with Crippen LogP contribution in [0.15, 0.2) is 82.8 Å². The maximum Gasteiger partial charge on any atom is 0.270 e. The van der Waals surface area contributed by atoms with E-state index >= 15 is 0 Å². The number of hydrogen-bond acceptors (Lipinski definition) is 5.